The van der Waals surface area contributed by atoms with E-state index in [9.17, 15) is 21.6 Å². The number of rotatable bonds is 7. The van der Waals surface area contributed by atoms with Gasteiger partial charge in [-0.15, -0.1) is 0 Å². The monoisotopic (exact) mass is 407 g/mol. The normalized spacial score (nSPS) is 19.4. The van der Waals surface area contributed by atoms with Crippen LogP contribution in [0.3, 0.4) is 0 Å². The molecular weight excluding hydrogens is 382 g/mol. The molecule has 2 heterocycles. The first-order chi connectivity index (χ1) is 12.1. The Balaban J connectivity index is 2.04. The van der Waals surface area contributed by atoms with E-state index in [-0.39, 0.29) is 41.2 Å². The number of aromatic nitrogens is 1. The number of aryl methyl sites for hydroxylation is 2. The van der Waals surface area contributed by atoms with Gasteiger partial charge in [0.25, 0.3) is 0 Å². The number of sulfone groups is 1. The highest BCUT2D eigenvalue weighted by molar-refractivity contribution is 7.91. The van der Waals surface area contributed by atoms with Gasteiger partial charge in [0.2, 0.25) is 15.9 Å². The summed E-state index contributed by atoms with van der Waals surface area (Å²) in [6, 6.07) is 0. The molecule has 0 saturated carbocycles. The number of carbonyl (C=O) groups excluding carboxylic acids is 1. The zero-order valence-electron chi connectivity index (χ0n) is 15.2. The van der Waals surface area contributed by atoms with E-state index in [4.69, 9.17) is 4.52 Å². The Labute approximate surface area is 154 Å². The highest BCUT2D eigenvalue weighted by Gasteiger charge is 2.36. The van der Waals surface area contributed by atoms with Gasteiger partial charge in [0.1, 0.15) is 10.6 Å². The highest BCUT2D eigenvalue weighted by Crippen LogP contribution is 2.27. The van der Waals surface area contributed by atoms with E-state index in [1.54, 1.807) is 13.8 Å². The van der Waals surface area contributed by atoms with Crippen molar-refractivity contribution in [2.24, 2.45) is 5.92 Å². The van der Waals surface area contributed by atoms with Crippen molar-refractivity contribution in [3.05, 3.63) is 11.5 Å². The molecule has 0 bridgehead atoms. The van der Waals surface area contributed by atoms with E-state index < -0.39 is 25.8 Å². The zero-order chi connectivity index (χ0) is 19.5. The number of piperidine rings is 1. The molecule has 1 atom stereocenters. The number of hydrogen-bond donors (Lipinski definition) is 1. The molecule has 0 aliphatic carbocycles. The van der Waals surface area contributed by atoms with E-state index in [2.05, 4.69) is 10.5 Å². The van der Waals surface area contributed by atoms with Gasteiger partial charge in [0.05, 0.1) is 11.7 Å². The summed E-state index contributed by atoms with van der Waals surface area (Å²) >= 11 is 0. The molecule has 26 heavy (non-hydrogen) atoms. The summed E-state index contributed by atoms with van der Waals surface area (Å²) in [5.74, 6) is -0.712. The van der Waals surface area contributed by atoms with Gasteiger partial charge in [-0.3, -0.25) is 4.79 Å². The predicted molar refractivity (Wildman–Crippen MR) is 94.8 cm³/mol. The van der Waals surface area contributed by atoms with Crippen LogP contribution in [0.4, 0.5) is 0 Å². The molecule has 0 radical (unpaired) electrons. The van der Waals surface area contributed by atoms with E-state index >= 15 is 0 Å². The van der Waals surface area contributed by atoms with Gasteiger partial charge in [-0.25, -0.2) is 16.8 Å². The van der Waals surface area contributed by atoms with Gasteiger partial charge in [-0.2, -0.15) is 4.31 Å². The summed E-state index contributed by atoms with van der Waals surface area (Å²) in [6.45, 7) is 5.05. The van der Waals surface area contributed by atoms with Gasteiger partial charge >= 0.3 is 0 Å². The van der Waals surface area contributed by atoms with Crippen LogP contribution in [0, 0.1) is 19.8 Å². The largest absolute Gasteiger partial charge is 0.360 e. The zero-order valence-corrected chi connectivity index (χ0v) is 16.8. The Hall–Kier alpha value is -1.46. The maximum atomic E-state index is 12.9. The maximum Gasteiger partial charge on any atom is 0.248 e. The molecule has 0 spiro atoms. The second-order valence-electron chi connectivity index (χ2n) is 6.38. The van der Waals surface area contributed by atoms with E-state index in [0.717, 1.165) is 0 Å². The SMILES string of the molecule is CCS(=O)(=O)CCNC(=O)C1CCCN(S(=O)(=O)c2c(C)noc2C)C1. The Kier molecular flexibility index (Phi) is 6.46. The van der Waals surface area contributed by atoms with Gasteiger partial charge in [0, 0.05) is 25.4 Å². The molecule has 0 aromatic carbocycles. The second-order valence-corrected chi connectivity index (χ2v) is 10.7. The lowest BCUT2D eigenvalue weighted by Crippen LogP contribution is -2.46. The number of amides is 1. The first-order valence-electron chi connectivity index (χ1n) is 8.49. The van der Waals surface area contributed by atoms with Crippen molar-refractivity contribution >= 4 is 25.8 Å². The fraction of sp³-hybridized carbons (Fsp3) is 0.733. The molecule has 1 saturated heterocycles. The highest BCUT2D eigenvalue weighted by atomic mass is 32.2. The van der Waals surface area contributed by atoms with E-state index in [1.165, 1.54) is 11.2 Å². The third-order valence-corrected chi connectivity index (χ3v) is 8.29. The summed E-state index contributed by atoms with van der Waals surface area (Å²) in [5, 5.41) is 6.29. The molecule has 1 amide bonds. The molecule has 1 aromatic rings. The van der Waals surface area contributed by atoms with Crippen LogP contribution in [0.5, 0.6) is 0 Å². The Morgan fingerprint density at radius 1 is 1.31 bits per heavy atom. The Morgan fingerprint density at radius 3 is 2.58 bits per heavy atom. The van der Waals surface area contributed by atoms with Gasteiger partial charge in [-0.1, -0.05) is 12.1 Å². The molecule has 1 unspecified atom stereocenters. The van der Waals surface area contributed by atoms with Crippen LogP contribution in [0.15, 0.2) is 9.42 Å². The summed E-state index contributed by atoms with van der Waals surface area (Å²) in [7, 11) is -6.95. The van der Waals surface area contributed by atoms with Crippen molar-refractivity contribution in [2.45, 2.75) is 38.5 Å². The second kappa shape index (κ2) is 8.05. The number of hydrogen-bond acceptors (Lipinski definition) is 7. The topological polar surface area (TPSA) is 127 Å². The quantitative estimate of drug-likeness (QED) is 0.686. The van der Waals surface area contributed by atoms with Crippen molar-refractivity contribution in [1.29, 1.82) is 0 Å². The average Bonchev–Trinajstić information content (AvgIpc) is 2.94. The van der Waals surface area contributed by atoms with Crippen LogP contribution in [0.25, 0.3) is 0 Å². The summed E-state index contributed by atoms with van der Waals surface area (Å²) in [4.78, 5) is 12.4. The molecule has 1 N–H and O–H groups in total. The van der Waals surface area contributed by atoms with Crippen LogP contribution in [-0.2, 0) is 24.7 Å². The number of nitrogens with zero attached hydrogens (tertiary/aromatic N) is 2. The van der Waals surface area contributed by atoms with Crippen LogP contribution < -0.4 is 5.32 Å². The predicted octanol–water partition coefficient (Wildman–Crippen LogP) is 0.243. The number of sulfonamides is 1. The molecule has 1 aliphatic rings. The first kappa shape index (κ1) is 20.8. The molecule has 148 valence electrons. The molecule has 9 nitrogen and oxygen atoms in total. The molecule has 1 aromatic heterocycles. The first-order valence-corrected chi connectivity index (χ1v) is 11.8. The number of carbonyl (C=O) groups is 1. The van der Waals surface area contributed by atoms with Crippen LogP contribution in [0.1, 0.15) is 31.2 Å². The lowest BCUT2D eigenvalue weighted by molar-refractivity contribution is -0.125. The standard InChI is InChI=1S/C15H25N3O6S2/c1-4-25(20,21)9-7-16-15(19)13-6-5-8-18(10-13)26(22,23)14-11(2)17-24-12(14)3/h13H,4-10H2,1-3H3,(H,16,19). The van der Waals surface area contributed by atoms with E-state index in [0.29, 0.717) is 25.1 Å². The average molecular weight is 408 g/mol. The van der Waals surface area contributed by atoms with Crippen molar-refractivity contribution in [3.63, 3.8) is 0 Å². The minimum absolute atomic E-state index is 0.0236. The Bertz CT molecular complexity index is 840. The van der Waals surface area contributed by atoms with Gasteiger partial charge in [0.15, 0.2) is 15.6 Å². The molecule has 2 rings (SSSR count). The van der Waals surface area contributed by atoms with Crippen molar-refractivity contribution in [1.82, 2.24) is 14.8 Å². The fourth-order valence-corrected chi connectivity index (χ4v) is 5.48. The third-order valence-electron chi connectivity index (χ3n) is 4.47. The minimum atomic E-state index is -3.79. The maximum absolute atomic E-state index is 12.9. The summed E-state index contributed by atoms with van der Waals surface area (Å²) in [6.07, 6.45) is 1.11. The lowest BCUT2D eigenvalue weighted by atomic mass is 9.99. The summed E-state index contributed by atoms with van der Waals surface area (Å²) in [5.41, 5.74) is 0.291. The van der Waals surface area contributed by atoms with Gasteiger partial charge < -0.3 is 9.84 Å². The van der Waals surface area contributed by atoms with Crippen molar-refractivity contribution < 1.29 is 26.2 Å². The minimum Gasteiger partial charge on any atom is -0.360 e. The van der Waals surface area contributed by atoms with Crippen molar-refractivity contribution in [2.75, 3.05) is 31.1 Å². The molecule has 1 fully saturated rings. The molecular formula is C15H25N3O6S2. The van der Waals surface area contributed by atoms with Crippen molar-refractivity contribution in [3.8, 4) is 0 Å². The molecule has 11 heteroatoms. The van der Waals surface area contributed by atoms with Crippen LogP contribution in [-0.4, -0.2) is 63.3 Å². The lowest BCUT2D eigenvalue weighted by Gasteiger charge is -2.31. The number of nitrogens with one attached hydrogen (secondary N) is 1. The smallest absolute Gasteiger partial charge is 0.248 e. The Morgan fingerprint density at radius 2 is 2.00 bits per heavy atom. The van der Waals surface area contributed by atoms with Crippen LogP contribution in [0.2, 0.25) is 0 Å². The third kappa shape index (κ3) is 4.63. The van der Waals surface area contributed by atoms with Gasteiger partial charge in [-0.05, 0) is 26.7 Å². The van der Waals surface area contributed by atoms with Crippen LogP contribution >= 0.6 is 0 Å². The molecule has 1 aliphatic heterocycles. The summed E-state index contributed by atoms with van der Waals surface area (Å²) < 4.78 is 54.9. The van der Waals surface area contributed by atoms with E-state index in [1.807, 2.05) is 0 Å². The fourth-order valence-electron chi connectivity index (χ4n) is 2.97.